The zero-order valence-corrected chi connectivity index (χ0v) is 34.5. The van der Waals surface area contributed by atoms with Gasteiger partial charge in [0, 0.05) is 34.1 Å². The smallest absolute Gasteiger partial charge is 0.252 e. The highest BCUT2D eigenvalue weighted by atomic mass is 15.2. The van der Waals surface area contributed by atoms with Crippen LogP contribution in [-0.4, -0.2) is 6.71 Å². The average Bonchev–Trinajstić information content (AvgIpc) is 3.35. The maximum Gasteiger partial charge on any atom is 0.252 e. The first-order valence-electron chi connectivity index (χ1n) is 21.9. The summed E-state index contributed by atoms with van der Waals surface area (Å²) in [6.07, 6.45) is 0. The largest absolute Gasteiger partial charge is 0.311 e. The zero-order chi connectivity index (χ0) is 41.4. The lowest BCUT2D eigenvalue weighted by Gasteiger charge is -2.44. The van der Waals surface area contributed by atoms with Gasteiger partial charge in [0.05, 0.1) is 0 Å². The van der Waals surface area contributed by atoms with Crippen molar-refractivity contribution < 1.29 is 0 Å². The van der Waals surface area contributed by atoms with Crippen molar-refractivity contribution in [3.05, 3.63) is 237 Å². The van der Waals surface area contributed by atoms with Gasteiger partial charge in [0.1, 0.15) is 0 Å². The SMILES string of the molecule is c1ccc(N2c3ccccc3B3c4ccccc4N(c4ccccc4)c4cc(-c5c6ccccc6c(-c6ccc(-c7cccc8ccccc78)cc6)c6ccccc56)cc2c43)cc1. The van der Waals surface area contributed by atoms with Crippen molar-refractivity contribution in [3.63, 3.8) is 0 Å². The molecule has 0 N–H and O–H groups in total. The van der Waals surface area contributed by atoms with Gasteiger partial charge in [-0.05, 0) is 131 Å². The van der Waals surface area contributed by atoms with Crippen LogP contribution in [0.15, 0.2) is 237 Å². The molecule has 0 fully saturated rings. The number of fused-ring (bicyclic) bond motifs is 7. The van der Waals surface area contributed by atoms with E-state index in [0.29, 0.717) is 0 Å². The van der Waals surface area contributed by atoms with E-state index >= 15 is 0 Å². The molecule has 11 aromatic rings. The van der Waals surface area contributed by atoms with Gasteiger partial charge in [-0.25, -0.2) is 0 Å². The Labute approximate surface area is 367 Å². The number of para-hydroxylation sites is 4. The van der Waals surface area contributed by atoms with Crippen molar-refractivity contribution in [2.45, 2.75) is 0 Å². The molecule has 0 aliphatic carbocycles. The van der Waals surface area contributed by atoms with Crippen molar-refractivity contribution >= 4 is 89.5 Å². The fraction of sp³-hybridized carbons (Fsp3) is 0. The third-order valence-electron chi connectivity index (χ3n) is 13.4. The Morgan fingerprint density at radius 3 is 1.24 bits per heavy atom. The van der Waals surface area contributed by atoms with Gasteiger partial charge < -0.3 is 9.80 Å². The monoisotopic (exact) mass is 798 g/mol. The van der Waals surface area contributed by atoms with E-state index in [9.17, 15) is 0 Å². The van der Waals surface area contributed by atoms with Gasteiger partial charge in [0.25, 0.3) is 6.71 Å². The van der Waals surface area contributed by atoms with E-state index in [1.165, 1.54) is 105 Å². The molecule has 0 saturated heterocycles. The van der Waals surface area contributed by atoms with Gasteiger partial charge in [-0.2, -0.15) is 0 Å². The minimum absolute atomic E-state index is 0.0593. The molecule has 0 amide bonds. The third kappa shape index (κ3) is 5.46. The summed E-state index contributed by atoms with van der Waals surface area (Å²) in [5.74, 6) is 0. The lowest BCUT2D eigenvalue weighted by atomic mass is 9.33. The first-order valence-corrected chi connectivity index (χ1v) is 21.9. The molecule has 0 radical (unpaired) electrons. The van der Waals surface area contributed by atoms with Crippen LogP contribution in [0.1, 0.15) is 0 Å². The minimum Gasteiger partial charge on any atom is -0.311 e. The summed E-state index contributed by atoms with van der Waals surface area (Å²) in [5, 5.41) is 7.47. The van der Waals surface area contributed by atoms with Crippen LogP contribution in [0.5, 0.6) is 0 Å². The van der Waals surface area contributed by atoms with Crippen LogP contribution in [0.25, 0.3) is 65.7 Å². The zero-order valence-electron chi connectivity index (χ0n) is 34.5. The molecule has 2 heterocycles. The Bertz CT molecular complexity index is 3410. The van der Waals surface area contributed by atoms with Crippen LogP contribution in [0.4, 0.5) is 34.1 Å². The first kappa shape index (κ1) is 35.6. The highest BCUT2D eigenvalue weighted by Crippen LogP contribution is 2.49. The molecule has 0 atom stereocenters. The molecule has 2 aliphatic rings. The van der Waals surface area contributed by atoms with Gasteiger partial charge in [0.15, 0.2) is 0 Å². The number of hydrogen-bond acceptors (Lipinski definition) is 2. The second-order valence-electron chi connectivity index (χ2n) is 16.8. The highest BCUT2D eigenvalue weighted by Gasteiger charge is 2.43. The summed E-state index contributed by atoms with van der Waals surface area (Å²) in [6.45, 7) is 0.0593. The van der Waals surface area contributed by atoms with Crippen molar-refractivity contribution in [1.29, 1.82) is 0 Å². The molecule has 0 aromatic heterocycles. The summed E-state index contributed by atoms with van der Waals surface area (Å²) in [6, 6.07) is 87.4. The van der Waals surface area contributed by atoms with Gasteiger partial charge in [-0.3, -0.25) is 0 Å². The molecule has 11 aromatic carbocycles. The number of rotatable bonds is 5. The van der Waals surface area contributed by atoms with Crippen LogP contribution in [0, 0.1) is 0 Å². The summed E-state index contributed by atoms with van der Waals surface area (Å²) in [5.41, 5.74) is 18.4. The van der Waals surface area contributed by atoms with E-state index in [-0.39, 0.29) is 6.71 Å². The van der Waals surface area contributed by atoms with Gasteiger partial charge in [0.2, 0.25) is 0 Å². The maximum atomic E-state index is 2.50. The predicted molar refractivity (Wildman–Crippen MR) is 269 cm³/mol. The number of benzene rings is 11. The Morgan fingerprint density at radius 2 is 0.698 bits per heavy atom. The van der Waals surface area contributed by atoms with Gasteiger partial charge in [-0.1, -0.05) is 188 Å². The summed E-state index contributed by atoms with van der Waals surface area (Å²) in [4.78, 5) is 5.00. The second kappa shape index (κ2) is 14.2. The van der Waals surface area contributed by atoms with Crippen LogP contribution in [0.3, 0.4) is 0 Å². The predicted octanol–water partition coefficient (Wildman–Crippen LogP) is 14.2. The molecule has 0 unspecified atom stereocenters. The minimum atomic E-state index is 0.0593. The van der Waals surface area contributed by atoms with Crippen LogP contribution in [-0.2, 0) is 0 Å². The Kier molecular flexibility index (Phi) is 8.04. The van der Waals surface area contributed by atoms with Crippen LogP contribution >= 0.6 is 0 Å². The van der Waals surface area contributed by atoms with Gasteiger partial charge >= 0.3 is 0 Å². The lowest BCUT2D eigenvalue weighted by molar-refractivity contribution is 1.25. The van der Waals surface area contributed by atoms with Crippen LogP contribution in [0.2, 0.25) is 0 Å². The fourth-order valence-corrected chi connectivity index (χ4v) is 10.8. The molecule has 2 nitrogen and oxygen atoms in total. The first-order chi connectivity index (χ1) is 31.3. The second-order valence-corrected chi connectivity index (χ2v) is 16.8. The molecular formula is C60H39BN2. The van der Waals surface area contributed by atoms with Crippen LogP contribution < -0.4 is 26.2 Å². The molecule has 3 heteroatoms. The van der Waals surface area contributed by atoms with Gasteiger partial charge in [-0.15, -0.1) is 0 Å². The Balaban J connectivity index is 1.09. The number of nitrogens with zero attached hydrogens (tertiary/aromatic N) is 2. The maximum absolute atomic E-state index is 2.50. The van der Waals surface area contributed by atoms with E-state index in [1.54, 1.807) is 0 Å². The van der Waals surface area contributed by atoms with E-state index < -0.39 is 0 Å². The molecule has 0 spiro atoms. The molecular weight excluding hydrogens is 759 g/mol. The van der Waals surface area contributed by atoms with E-state index in [4.69, 9.17) is 0 Å². The highest BCUT2D eigenvalue weighted by molar-refractivity contribution is 7.00. The topological polar surface area (TPSA) is 6.48 Å². The lowest BCUT2D eigenvalue weighted by Crippen LogP contribution is -2.61. The Morgan fingerprint density at radius 1 is 0.286 bits per heavy atom. The summed E-state index contributed by atoms with van der Waals surface area (Å²) in [7, 11) is 0. The normalized spacial score (nSPS) is 12.7. The number of hydrogen-bond donors (Lipinski definition) is 0. The van der Waals surface area contributed by atoms with E-state index in [1.807, 2.05) is 0 Å². The molecule has 292 valence electrons. The van der Waals surface area contributed by atoms with E-state index in [0.717, 1.165) is 11.4 Å². The van der Waals surface area contributed by atoms with Crippen molar-refractivity contribution in [2.24, 2.45) is 0 Å². The average molecular weight is 799 g/mol. The fourth-order valence-electron chi connectivity index (χ4n) is 10.8. The standard InChI is InChI=1S/C60H39BN2/c1-3-20-44(21-4-1)62-54-32-15-13-30-52(54)61-53-31-14-16-33-55(53)63(45-22-5-2-6-23-45)57-39-43(38-56(62)60(57)61)59-50-27-11-9-25-48(50)58(49-26-10-12-28-51(49)59)42-36-34-41(35-37-42)47-29-17-19-40-18-7-8-24-46(40)47/h1-39H. The van der Waals surface area contributed by atoms with E-state index in [2.05, 4.69) is 246 Å². The molecule has 63 heavy (non-hydrogen) atoms. The van der Waals surface area contributed by atoms with Crippen molar-refractivity contribution in [1.82, 2.24) is 0 Å². The summed E-state index contributed by atoms with van der Waals surface area (Å²) < 4.78 is 0. The molecule has 0 saturated carbocycles. The van der Waals surface area contributed by atoms with Crippen molar-refractivity contribution in [3.8, 4) is 33.4 Å². The Hall–Kier alpha value is -8.14. The number of anilines is 6. The summed E-state index contributed by atoms with van der Waals surface area (Å²) >= 11 is 0. The molecule has 2 aliphatic heterocycles. The molecule has 13 rings (SSSR count). The quantitative estimate of drug-likeness (QED) is 0.126. The van der Waals surface area contributed by atoms with Crippen molar-refractivity contribution in [2.75, 3.05) is 9.80 Å². The molecule has 0 bridgehead atoms. The third-order valence-corrected chi connectivity index (χ3v) is 13.4.